The molecule has 0 bridgehead atoms. The smallest absolute Gasteiger partial charge is 0.416 e. The van der Waals surface area contributed by atoms with E-state index in [0.29, 0.717) is 18.2 Å². The van der Waals surface area contributed by atoms with Crippen LogP contribution in [0.4, 0.5) is 54.8 Å². The fourth-order valence-corrected chi connectivity index (χ4v) is 5.18. The molecule has 0 saturated carbocycles. The van der Waals surface area contributed by atoms with Crippen LogP contribution in [0.5, 0.6) is 0 Å². The summed E-state index contributed by atoms with van der Waals surface area (Å²) >= 11 is 0. The van der Waals surface area contributed by atoms with Gasteiger partial charge in [-0.2, -0.15) is 39.5 Å². The van der Waals surface area contributed by atoms with Gasteiger partial charge in [0, 0.05) is 12.6 Å². The molecule has 1 aliphatic rings. The number of carbonyl (C=O) groups is 2. The van der Waals surface area contributed by atoms with Gasteiger partial charge in [0.2, 0.25) is 0 Å². The number of methoxy groups -OCH3 is 1. The topological polar surface area (TPSA) is 59.1 Å². The first-order valence-corrected chi connectivity index (χ1v) is 13.5. The summed E-state index contributed by atoms with van der Waals surface area (Å²) in [5.41, 5.74) is -5.27. The molecule has 1 aliphatic heterocycles. The van der Waals surface area contributed by atoms with Crippen LogP contribution in [0, 0.1) is 5.92 Å². The molecule has 0 saturated heterocycles. The SMILES string of the molecule is COC(=O)N(Cc1cc(C(F)(F)F)cc(C(F)(F)F)c1)[C@@H]1C[C@H](CC(C)C)N(C(=O)OC(C)C)c2ccc(C(F)(F)F)cc21. The summed E-state index contributed by atoms with van der Waals surface area (Å²) in [7, 11) is 0.913. The molecule has 2 aromatic carbocycles. The Labute approximate surface area is 247 Å². The summed E-state index contributed by atoms with van der Waals surface area (Å²) in [5, 5.41) is 0. The van der Waals surface area contributed by atoms with Crippen molar-refractivity contribution < 1.29 is 58.6 Å². The van der Waals surface area contributed by atoms with Crippen LogP contribution in [-0.2, 0) is 34.5 Å². The standard InChI is InChI=1S/C29H31F9N2O4/c1-15(2)8-21-13-24(22-12-18(27(30,31)32)6-7-23(22)40(21)26(42)44-16(3)4)39(25(41)43-5)14-17-9-19(28(33,34)35)11-20(10-17)29(36,37)38/h6-7,9-12,15-16,21,24H,8,13-14H2,1-5H3/t21-,24+/m0/s1. The molecule has 2 atom stereocenters. The van der Waals surface area contributed by atoms with Crippen molar-refractivity contribution in [2.75, 3.05) is 12.0 Å². The summed E-state index contributed by atoms with van der Waals surface area (Å²) in [5.74, 6) is -0.0876. The number of hydrogen-bond acceptors (Lipinski definition) is 4. The molecule has 3 rings (SSSR count). The van der Waals surface area contributed by atoms with E-state index in [-0.39, 0.29) is 36.1 Å². The molecule has 0 N–H and O–H groups in total. The van der Waals surface area contributed by atoms with Gasteiger partial charge in [0.15, 0.2) is 0 Å². The van der Waals surface area contributed by atoms with E-state index >= 15 is 0 Å². The lowest BCUT2D eigenvalue weighted by Gasteiger charge is -2.44. The van der Waals surface area contributed by atoms with Crippen LogP contribution in [0.2, 0.25) is 0 Å². The first-order chi connectivity index (χ1) is 20.1. The molecule has 2 aromatic rings. The van der Waals surface area contributed by atoms with Gasteiger partial charge in [0.25, 0.3) is 0 Å². The first-order valence-electron chi connectivity index (χ1n) is 13.5. The summed E-state index contributed by atoms with van der Waals surface area (Å²) in [6.07, 6.45) is -17.9. The predicted octanol–water partition coefficient (Wildman–Crippen LogP) is 9.22. The van der Waals surface area contributed by atoms with Crippen molar-refractivity contribution in [3.8, 4) is 0 Å². The van der Waals surface area contributed by atoms with Crippen molar-refractivity contribution in [1.29, 1.82) is 0 Å². The highest BCUT2D eigenvalue weighted by Gasteiger charge is 2.44. The van der Waals surface area contributed by atoms with Crippen LogP contribution in [-0.4, -0.2) is 36.3 Å². The van der Waals surface area contributed by atoms with E-state index in [9.17, 15) is 49.1 Å². The van der Waals surface area contributed by atoms with Gasteiger partial charge in [-0.05, 0) is 80.1 Å². The average molecular weight is 643 g/mol. The van der Waals surface area contributed by atoms with E-state index in [4.69, 9.17) is 9.47 Å². The van der Waals surface area contributed by atoms with Crippen LogP contribution >= 0.6 is 0 Å². The highest BCUT2D eigenvalue weighted by atomic mass is 19.4. The molecule has 0 fully saturated rings. The second-order valence-electron chi connectivity index (χ2n) is 11.1. The number of rotatable bonds is 6. The van der Waals surface area contributed by atoms with E-state index in [0.717, 1.165) is 24.1 Å². The maximum absolute atomic E-state index is 13.8. The van der Waals surface area contributed by atoms with Crippen molar-refractivity contribution in [2.24, 2.45) is 5.92 Å². The van der Waals surface area contributed by atoms with Crippen molar-refractivity contribution in [3.63, 3.8) is 0 Å². The number of carbonyl (C=O) groups excluding carboxylic acids is 2. The van der Waals surface area contributed by atoms with E-state index in [2.05, 4.69) is 0 Å². The summed E-state index contributed by atoms with van der Waals surface area (Å²) < 4.78 is 133. The monoisotopic (exact) mass is 642 g/mol. The van der Waals surface area contributed by atoms with E-state index in [1.165, 1.54) is 4.90 Å². The number of ether oxygens (including phenoxy) is 2. The lowest BCUT2D eigenvalue weighted by Crippen LogP contribution is -2.49. The number of nitrogens with zero attached hydrogens (tertiary/aromatic N) is 2. The molecule has 244 valence electrons. The molecule has 6 nitrogen and oxygen atoms in total. The molecular weight excluding hydrogens is 611 g/mol. The minimum atomic E-state index is -5.18. The molecule has 2 amide bonds. The fraction of sp³-hybridized carbons (Fsp3) is 0.517. The van der Waals surface area contributed by atoms with E-state index in [1.54, 1.807) is 13.8 Å². The lowest BCUT2D eigenvalue weighted by molar-refractivity contribution is -0.143. The Morgan fingerprint density at radius 1 is 0.864 bits per heavy atom. The number of hydrogen-bond donors (Lipinski definition) is 0. The van der Waals surface area contributed by atoms with Crippen molar-refractivity contribution in [1.82, 2.24) is 4.90 Å². The van der Waals surface area contributed by atoms with Crippen LogP contribution in [0.25, 0.3) is 0 Å². The Kier molecular flexibility index (Phi) is 10.1. The lowest BCUT2D eigenvalue weighted by atomic mass is 9.85. The zero-order valence-electron chi connectivity index (χ0n) is 24.3. The molecule has 0 spiro atoms. The molecular formula is C29H31F9N2O4. The minimum absolute atomic E-state index is 0.0560. The number of amides is 2. The van der Waals surface area contributed by atoms with Gasteiger partial charge in [-0.15, -0.1) is 0 Å². The molecule has 0 radical (unpaired) electrons. The van der Waals surface area contributed by atoms with Gasteiger partial charge < -0.3 is 9.47 Å². The molecule has 0 aromatic heterocycles. The fourth-order valence-electron chi connectivity index (χ4n) is 5.18. The van der Waals surface area contributed by atoms with E-state index in [1.807, 2.05) is 13.8 Å². The van der Waals surface area contributed by atoms with Crippen LogP contribution in [0.3, 0.4) is 0 Å². The van der Waals surface area contributed by atoms with Gasteiger partial charge in [-0.25, -0.2) is 9.59 Å². The second-order valence-corrected chi connectivity index (χ2v) is 11.1. The average Bonchev–Trinajstić information content (AvgIpc) is 2.88. The minimum Gasteiger partial charge on any atom is -0.453 e. The third kappa shape index (κ3) is 8.08. The molecule has 1 heterocycles. The predicted molar refractivity (Wildman–Crippen MR) is 141 cm³/mol. The molecule has 0 unspecified atom stereocenters. The maximum atomic E-state index is 13.8. The van der Waals surface area contributed by atoms with Gasteiger partial charge in [0.1, 0.15) is 0 Å². The summed E-state index contributed by atoms with van der Waals surface area (Å²) in [6.45, 7) is 5.87. The number of anilines is 1. The zero-order chi connectivity index (χ0) is 33.4. The normalized spacial score (nSPS) is 17.5. The number of halogens is 9. The molecule has 0 aliphatic carbocycles. The highest BCUT2D eigenvalue weighted by molar-refractivity contribution is 5.90. The zero-order valence-corrected chi connectivity index (χ0v) is 24.3. The largest absolute Gasteiger partial charge is 0.453 e. The maximum Gasteiger partial charge on any atom is 0.416 e. The number of alkyl halides is 9. The highest BCUT2D eigenvalue weighted by Crippen LogP contribution is 2.46. The Balaban J connectivity index is 2.27. The molecule has 15 heteroatoms. The number of fused-ring (bicyclic) bond motifs is 1. The van der Waals surface area contributed by atoms with Crippen LogP contribution in [0.15, 0.2) is 36.4 Å². The van der Waals surface area contributed by atoms with Crippen molar-refractivity contribution in [3.05, 3.63) is 64.2 Å². The Bertz CT molecular complexity index is 1320. The third-order valence-corrected chi connectivity index (χ3v) is 6.90. The Morgan fingerprint density at radius 3 is 1.86 bits per heavy atom. The van der Waals surface area contributed by atoms with Crippen LogP contribution < -0.4 is 4.90 Å². The van der Waals surface area contributed by atoms with Crippen molar-refractivity contribution >= 4 is 17.9 Å². The second kappa shape index (κ2) is 12.8. The molecule has 44 heavy (non-hydrogen) atoms. The number of benzene rings is 2. The summed E-state index contributed by atoms with van der Waals surface area (Å²) in [6, 6.07) is 1.11. The Morgan fingerprint density at radius 2 is 1.41 bits per heavy atom. The van der Waals surface area contributed by atoms with Crippen molar-refractivity contribution in [2.45, 2.75) is 83.8 Å². The summed E-state index contributed by atoms with van der Waals surface area (Å²) in [4.78, 5) is 28.3. The van der Waals surface area contributed by atoms with Crippen LogP contribution in [0.1, 0.15) is 74.4 Å². The first kappa shape index (κ1) is 34.8. The van der Waals surface area contributed by atoms with Gasteiger partial charge in [-0.3, -0.25) is 9.80 Å². The third-order valence-electron chi connectivity index (χ3n) is 6.90. The Hall–Kier alpha value is -3.65. The van der Waals surface area contributed by atoms with Gasteiger partial charge in [-0.1, -0.05) is 13.8 Å². The van der Waals surface area contributed by atoms with Gasteiger partial charge >= 0.3 is 30.7 Å². The van der Waals surface area contributed by atoms with Gasteiger partial charge in [0.05, 0.1) is 41.6 Å². The van der Waals surface area contributed by atoms with E-state index < -0.39 is 77.7 Å². The quantitative estimate of drug-likeness (QED) is 0.295.